The van der Waals surface area contributed by atoms with Crippen LogP contribution in [0.2, 0.25) is 0 Å². The van der Waals surface area contributed by atoms with Gasteiger partial charge in [0.25, 0.3) is 0 Å². The summed E-state index contributed by atoms with van der Waals surface area (Å²) in [5, 5.41) is 4.85. The van der Waals surface area contributed by atoms with E-state index in [2.05, 4.69) is 124 Å². The molecule has 0 bridgehead atoms. The van der Waals surface area contributed by atoms with Crippen molar-refractivity contribution >= 4 is 85.3 Å². The van der Waals surface area contributed by atoms with Crippen molar-refractivity contribution in [3.63, 3.8) is 0 Å². The lowest BCUT2D eigenvalue weighted by Crippen LogP contribution is -1.90. The van der Waals surface area contributed by atoms with Crippen LogP contribution in [0, 0.1) is 0 Å². The molecule has 0 amide bonds. The molecule has 0 aromatic heterocycles. The third-order valence-corrected chi connectivity index (χ3v) is 8.10. The molecule has 0 saturated carbocycles. The van der Waals surface area contributed by atoms with Crippen molar-refractivity contribution < 1.29 is 0 Å². The summed E-state index contributed by atoms with van der Waals surface area (Å²) >= 11 is 15.0. The fraction of sp³-hybridized carbons (Fsp3) is 0. The SMILES string of the molecule is Brc1cc2ccccc2c(-c2c(Br)c(Br)cc3ccccc23)c1Br. The molecule has 118 valence electrons. The second kappa shape index (κ2) is 6.56. The van der Waals surface area contributed by atoms with Crippen LogP contribution < -0.4 is 0 Å². The lowest BCUT2D eigenvalue weighted by Gasteiger charge is -2.17. The second-order valence-electron chi connectivity index (χ2n) is 5.54. The van der Waals surface area contributed by atoms with Crippen LogP contribution in [0.4, 0.5) is 0 Å². The molecule has 24 heavy (non-hydrogen) atoms. The molecule has 0 N–H and O–H groups in total. The van der Waals surface area contributed by atoms with Crippen LogP contribution in [-0.4, -0.2) is 0 Å². The van der Waals surface area contributed by atoms with Gasteiger partial charge in [0.05, 0.1) is 0 Å². The number of halogens is 4. The molecule has 0 nitrogen and oxygen atoms in total. The zero-order chi connectivity index (χ0) is 16.8. The van der Waals surface area contributed by atoms with E-state index in [4.69, 9.17) is 0 Å². The number of rotatable bonds is 1. The summed E-state index contributed by atoms with van der Waals surface area (Å²) in [6.45, 7) is 0. The van der Waals surface area contributed by atoms with Gasteiger partial charge in [0, 0.05) is 29.0 Å². The van der Waals surface area contributed by atoms with E-state index >= 15 is 0 Å². The third kappa shape index (κ3) is 2.68. The molecule has 0 radical (unpaired) electrons. The highest BCUT2D eigenvalue weighted by molar-refractivity contribution is 9.13. The molecule has 0 saturated heterocycles. The molecule has 0 atom stereocenters. The first kappa shape index (κ1) is 16.8. The zero-order valence-electron chi connectivity index (χ0n) is 12.3. The van der Waals surface area contributed by atoms with Gasteiger partial charge in [0.15, 0.2) is 0 Å². The summed E-state index contributed by atoms with van der Waals surface area (Å²) < 4.78 is 4.22. The van der Waals surface area contributed by atoms with E-state index in [1.807, 2.05) is 0 Å². The fourth-order valence-electron chi connectivity index (χ4n) is 3.06. The first-order valence-corrected chi connectivity index (χ1v) is 10.5. The summed E-state index contributed by atoms with van der Waals surface area (Å²) in [6, 6.07) is 21.2. The average molecular weight is 570 g/mol. The van der Waals surface area contributed by atoms with Crippen molar-refractivity contribution in [3.05, 3.63) is 78.6 Å². The van der Waals surface area contributed by atoms with E-state index in [-0.39, 0.29) is 0 Å². The zero-order valence-corrected chi connectivity index (χ0v) is 18.6. The molecule has 0 fully saturated rings. The fourth-order valence-corrected chi connectivity index (χ4v) is 5.01. The number of hydrogen-bond acceptors (Lipinski definition) is 0. The predicted molar refractivity (Wildman–Crippen MR) is 118 cm³/mol. The van der Waals surface area contributed by atoms with Gasteiger partial charge in [-0.2, -0.15) is 0 Å². The van der Waals surface area contributed by atoms with Gasteiger partial charge in [-0.05, 0) is 97.4 Å². The van der Waals surface area contributed by atoms with E-state index in [1.54, 1.807) is 0 Å². The normalized spacial score (nSPS) is 11.3. The van der Waals surface area contributed by atoms with Gasteiger partial charge >= 0.3 is 0 Å². The van der Waals surface area contributed by atoms with Crippen LogP contribution in [0.15, 0.2) is 78.6 Å². The molecular weight excluding hydrogens is 560 g/mol. The number of benzene rings is 4. The van der Waals surface area contributed by atoms with Gasteiger partial charge in [-0.3, -0.25) is 0 Å². The van der Waals surface area contributed by atoms with E-state index in [1.165, 1.54) is 32.7 Å². The first-order valence-electron chi connectivity index (χ1n) is 7.32. The van der Waals surface area contributed by atoms with Crippen LogP contribution in [-0.2, 0) is 0 Å². The highest BCUT2D eigenvalue weighted by Crippen LogP contribution is 2.47. The molecule has 0 heterocycles. The third-order valence-electron chi connectivity index (χ3n) is 4.13. The Bertz CT molecular complexity index is 1010. The van der Waals surface area contributed by atoms with Gasteiger partial charge in [0.2, 0.25) is 0 Å². The topological polar surface area (TPSA) is 0 Å². The van der Waals surface area contributed by atoms with Crippen molar-refractivity contribution in [3.8, 4) is 11.1 Å². The van der Waals surface area contributed by atoms with Crippen LogP contribution in [0.5, 0.6) is 0 Å². The van der Waals surface area contributed by atoms with Gasteiger partial charge < -0.3 is 0 Å². The highest BCUT2D eigenvalue weighted by atomic mass is 79.9. The molecular formula is C20H10Br4. The van der Waals surface area contributed by atoms with Gasteiger partial charge in [0.1, 0.15) is 0 Å². The van der Waals surface area contributed by atoms with Crippen molar-refractivity contribution in [2.45, 2.75) is 0 Å². The monoisotopic (exact) mass is 566 g/mol. The van der Waals surface area contributed by atoms with E-state index in [9.17, 15) is 0 Å². The molecule has 0 spiro atoms. The van der Waals surface area contributed by atoms with Gasteiger partial charge in [-0.15, -0.1) is 0 Å². The van der Waals surface area contributed by atoms with Crippen molar-refractivity contribution in [2.24, 2.45) is 0 Å². The molecule has 0 aliphatic carbocycles. The predicted octanol–water partition coefficient (Wildman–Crippen LogP) is 8.71. The Morgan fingerprint density at radius 2 is 0.875 bits per heavy atom. The minimum Gasteiger partial charge on any atom is -0.0616 e. The van der Waals surface area contributed by atoms with Crippen molar-refractivity contribution in [2.75, 3.05) is 0 Å². The molecule has 0 aliphatic rings. The smallest absolute Gasteiger partial charge is 0.0402 e. The highest BCUT2D eigenvalue weighted by Gasteiger charge is 2.18. The van der Waals surface area contributed by atoms with E-state index in [0.717, 1.165) is 17.9 Å². The molecule has 4 aromatic carbocycles. The van der Waals surface area contributed by atoms with Crippen LogP contribution in [0.1, 0.15) is 0 Å². The largest absolute Gasteiger partial charge is 0.0616 e. The van der Waals surface area contributed by atoms with Gasteiger partial charge in [-0.1, -0.05) is 48.5 Å². The van der Waals surface area contributed by atoms with Gasteiger partial charge in [-0.25, -0.2) is 0 Å². The lowest BCUT2D eigenvalue weighted by atomic mass is 9.94. The summed E-state index contributed by atoms with van der Waals surface area (Å²) in [5.41, 5.74) is 2.37. The van der Waals surface area contributed by atoms with E-state index < -0.39 is 0 Å². The first-order chi connectivity index (χ1) is 11.6. The summed E-state index contributed by atoms with van der Waals surface area (Å²) in [5.74, 6) is 0. The Hall–Kier alpha value is -0.680. The summed E-state index contributed by atoms with van der Waals surface area (Å²) in [7, 11) is 0. The Kier molecular flexibility index (Phi) is 4.59. The van der Waals surface area contributed by atoms with Crippen LogP contribution >= 0.6 is 63.7 Å². The average Bonchev–Trinajstić information content (AvgIpc) is 2.58. The Morgan fingerprint density at radius 1 is 0.500 bits per heavy atom. The molecule has 0 aliphatic heterocycles. The Morgan fingerprint density at radius 3 is 1.29 bits per heavy atom. The summed E-state index contributed by atoms with van der Waals surface area (Å²) in [6.07, 6.45) is 0. The van der Waals surface area contributed by atoms with Crippen LogP contribution in [0.25, 0.3) is 32.7 Å². The number of fused-ring (bicyclic) bond motifs is 2. The molecule has 4 rings (SSSR count). The van der Waals surface area contributed by atoms with Crippen LogP contribution in [0.3, 0.4) is 0 Å². The number of hydrogen-bond donors (Lipinski definition) is 0. The maximum Gasteiger partial charge on any atom is 0.0402 e. The maximum absolute atomic E-state index is 3.80. The van der Waals surface area contributed by atoms with Crippen molar-refractivity contribution in [1.29, 1.82) is 0 Å². The minimum absolute atomic E-state index is 1.05. The second-order valence-corrected chi connectivity index (χ2v) is 8.83. The van der Waals surface area contributed by atoms with E-state index in [0.29, 0.717) is 0 Å². The standard InChI is InChI=1S/C20H10Br4/c21-15-9-11-5-1-3-7-13(11)17(19(15)23)18-14-8-4-2-6-12(14)10-16(22)20(18)24/h1-10H. The molecule has 4 heteroatoms. The Labute approximate surface area is 173 Å². The molecule has 0 unspecified atom stereocenters. The maximum atomic E-state index is 3.80. The Balaban J connectivity index is 2.26. The lowest BCUT2D eigenvalue weighted by molar-refractivity contribution is 1.57. The molecule has 4 aromatic rings. The quantitative estimate of drug-likeness (QED) is 0.215. The van der Waals surface area contributed by atoms with Crippen molar-refractivity contribution in [1.82, 2.24) is 0 Å². The summed E-state index contributed by atoms with van der Waals surface area (Å²) in [4.78, 5) is 0. The minimum atomic E-state index is 1.05.